The van der Waals surface area contributed by atoms with Gasteiger partial charge in [0.15, 0.2) is 5.96 Å². The number of benzene rings is 1. The van der Waals surface area contributed by atoms with E-state index in [4.69, 9.17) is 4.74 Å². The summed E-state index contributed by atoms with van der Waals surface area (Å²) < 4.78 is 34.8. The molecule has 166 valence electrons. The van der Waals surface area contributed by atoms with E-state index in [1.54, 1.807) is 40.0 Å². The van der Waals surface area contributed by atoms with Crippen LogP contribution in [0.25, 0.3) is 0 Å². The lowest BCUT2D eigenvalue weighted by molar-refractivity contribution is -0.0504. The molecule has 0 saturated heterocycles. The molecule has 10 heteroatoms. The lowest BCUT2D eigenvalue weighted by Gasteiger charge is -2.19. The van der Waals surface area contributed by atoms with E-state index in [9.17, 15) is 13.6 Å². The summed E-state index contributed by atoms with van der Waals surface area (Å²) in [6, 6.07) is 5.02. The van der Waals surface area contributed by atoms with Gasteiger partial charge in [-0.25, -0.2) is 4.79 Å². The van der Waals surface area contributed by atoms with Crippen molar-refractivity contribution in [2.24, 2.45) is 4.99 Å². The SMILES string of the molecule is CN=C(NCCCNC(=O)OC(C)(C)C)NCc1cc(C)ccc1OC(F)F.I. The van der Waals surface area contributed by atoms with Gasteiger partial charge in [0.25, 0.3) is 0 Å². The number of nitrogens with zero attached hydrogens (tertiary/aromatic N) is 1. The summed E-state index contributed by atoms with van der Waals surface area (Å²) in [4.78, 5) is 15.6. The number of alkyl carbamates (subject to hydrolysis) is 1. The summed E-state index contributed by atoms with van der Waals surface area (Å²) in [5.41, 5.74) is 1.01. The molecule has 0 radical (unpaired) electrons. The van der Waals surface area contributed by atoms with Gasteiger partial charge < -0.3 is 25.4 Å². The van der Waals surface area contributed by atoms with Crippen molar-refractivity contribution in [3.8, 4) is 5.75 Å². The van der Waals surface area contributed by atoms with Crippen LogP contribution >= 0.6 is 24.0 Å². The van der Waals surface area contributed by atoms with Gasteiger partial charge >= 0.3 is 12.7 Å². The van der Waals surface area contributed by atoms with Crippen molar-refractivity contribution in [1.29, 1.82) is 0 Å². The molecule has 0 bridgehead atoms. The van der Waals surface area contributed by atoms with Crippen molar-refractivity contribution in [2.75, 3.05) is 20.1 Å². The van der Waals surface area contributed by atoms with Gasteiger partial charge in [-0.15, -0.1) is 24.0 Å². The summed E-state index contributed by atoms with van der Waals surface area (Å²) in [6.45, 7) is 5.69. The van der Waals surface area contributed by atoms with Crippen LogP contribution in [0.3, 0.4) is 0 Å². The molecule has 0 fully saturated rings. The first-order chi connectivity index (χ1) is 13.1. The van der Waals surface area contributed by atoms with Gasteiger partial charge in [-0.2, -0.15) is 8.78 Å². The van der Waals surface area contributed by atoms with E-state index in [-0.39, 0.29) is 36.3 Å². The van der Waals surface area contributed by atoms with E-state index in [1.165, 1.54) is 6.07 Å². The molecule has 0 aliphatic carbocycles. The number of hydrogen-bond acceptors (Lipinski definition) is 4. The average Bonchev–Trinajstić information content (AvgIpc) is 2.57. The number of aryl methyl sites for hydroxylation is 1. The molecular weight excluding hydrogens is 497 g/mol. The third-order valence-electron chi connectivity index (χ3n) is 3.42. The van der Waals surface area contributed by atoms with Crippen LogP contribution in [0.1, 0.15) is 38.3 Å². The van der Waals surface area contributed by atoms with E-state index in [0.717, 1.165) is 5.56 Å². The van der Waals surface area contributed by atoms with Gasteiger partial charge in [0.05, 0.1) is 0 Å². The highest BCUT2D eigenvalue weighted by molar-refractivity contribution is 14.0. The van der Waals surface area contributed by atoms with Crippen LogP contribution in [0, 0.1) is 6.92 Å². The summed E-state index contributed by atoms with van der Waals surface area (Å²) in [6.07, 6.45) is 0.199. The van der Waals surface area contributed by atoms with Crippen LogP contribution in [0.5, 0.6) is 5.75 Å². The number of carbonyl (C=O) groups excluding carboxylic acids is 1. The summed E-state index contributed by atoms with van der Waals surface area (Å²) >= 11 is 0. The number of hydrogen-bond donors (Lipinski definition) is 3. The highest BCUT2D eigenvalue weighted by atomic mass is 127. The highest BCUT2D eigenvalue weighted by Gasteiger charge is 2.15. The molecule has 7 nitrogen and oxygen atoms in total. The van der Waals surface area contributed by atoms with Gasteiger partial charge in [-0.05, 0) is 40.2 Å². The number of halogens is 3. The first-order valence-electron chi connectivity index (χ1n) is 9.06. The van der Waals surface area contributed by atoms with Crippen LogP contribution in [-0.2, 0) is 11.3 Å². The Kier molecular flexibility index (Phi) is 12.5. The lowest BCUT2D eigenvalue weighted by atomic mass is 10.1. The topological polar surface area (TPSA) is 84.0 Å². The quantitative estimate of drug-likeness (QED) is 0.207. The lowest BCUT2D eigenvalue weighted by Crippen LogP contribution is -2.39. The Balaban J connectivity index is 0.00000784. The number of rotatable bonds is 8. The zero-order valence-electron chi connectivity index (χ0n) is 17.5. The molecule has 0 spiro atoms. The third-order valence-corrected chi connectivity index (χ3v) is 3.42. The highest BCUT2D eigenvalue weighted by Crippen LogP contribution is 2.21. The van der Waals surface area contributed by atoms with Crippen molar-refractivity contribution >= 4 is 36.0 Å². The minimum atomic E-state index is -2.88. The minimum Gasteiger partial charge on any atom is -0.444 e. The molecule has 0 saturated carbocycles. The third kappa shape index (κ3) is 12.3. The maximum atomic E-state index is 12.5. The average molecular weight is 528 g/mol. The molecule has 0 heterocycles. The molecule has 29 heavy (non-hydrogen) atoms. The number of aliphatic imine (C=N–C) groups is 1. The molecule has 0 atom stereocenters. The van der Waals surface area contributed by atoms with Gasteiger partial charge in [0, 0.05) is 32.2 Å². The fourth-order valence-corrected chi connectivity index (χ4v) is 2.26. The van der Waals surface area contributed by atoms with Crippen LogP contribution in [0.2, 0.25) is 0 Å². The normalized spacial score (nSPS) is 11.5. The monoisotopic (exact) mass is 528 g/mol. The summed E-state index contributed by atoms with van der Waals surface area (Å²) in [5.74, 6) is 0.645. The maximum absolute atomic E-state index is 12.5. The van der Waals surface area contributed by atoms with Crippen molar-refractivity contribution in [2.45, 2.75) is 52.9 Å². The van der Waals surface area contributed by atoms with Crippen molar-refractivity contribution < 1.29 is 23.0 Å². The number of amides is 1. The Morgan fingerprint density at radius 3 is 2.41 bits per heavy atom. The van der Waals surface area contributed by atoms with E-state index in [1.807, 2.05) is 6.92 Å². The number of alkyl halides is 2. The second-order valence-corrected chi connectivity index (χ2v) is 7.12. The van der Waals surface area contributed by atoms with Gasteiger partial charge in [-0.3, -0.25) is 4.99 Å². The summed E-state index contributed by atoms with van der Waals surface area (Å²) in [5, 5.41) is 8.83. The molecule has 0 aromatic heterocycles. The number of nitrogens with one attached hydrogen (secondary N) is 3. The zero-order valence-corrected chi connectivity index (χ0v) is 19.8. The van der Waals surface area contributed by atoms with E-state index >= 15 is 0 Å². The number of carbonyl (C=O) groups is 1. The predicted octanol–water partition coefficient (Wildman–Crippen LogP) is 3.79. The van der Waals surface area contributed by atoms with E-state index in [0.29, 0.717) is 31.0 Å². The second-order valence-electron chi connectivity index (χ2n) is 7.12. The second kappa shape index (κ2) is 13.4. The fourth-order valence-electron chi connectivity index (χ4n) is 2.26. The molecule has 1 rings (SSSR count). The Hall–Kier alpha value is -1.85. The Bertz CT molecular complexity index is 667. The zero-order chi connectivity index (χ0) is 21.2. The van der Waals surface area contributed by atoms with Gasteiger partial charge in [0.1, 0.15) is 11.4 Å². The molecule has 1 aromatic rings. The van der Waals surface area contributed by atoms with Crippen molar-refractivity contribution in [3.05, 3.63) is 29.3 Å². The maximum Gasteiger partial charge on any atom is 0.407 e. The Morgan fingerprint density at radius 2 is 1.83 bits per heavy atom. The molecule has 1 aromatic carbocycles. The molecule has 0 aliphatic heterocycles. The van der Waals surface area contributed by atoms with Crippen LogP contribution < -0.4 is 20.7 Å². The molecule has 1 amide bonds. The van der Waals surface area contributed by atoms with Crippen molar-refractivity contribution in [1.82, 2.24) is 16.0 Å². The number of guanidine groups is 1. The first-order valence-corrected chi connectivity index (χ1v) is 9.06. The minimum absolute atomic E-state index is 0. The van der Waals surface area contributed by atoms with E-state index < -0.39 is 18.3 Å². The van der Waals surface area contributed by atoms with Crippen molar-refractivity contribution in [3.63, 3.8) is 0 Å². The van der Waals surface area contributed by atoms with Crippen LogP contribution in [0.15, 0.2) is 23.2 Å². The molecule has 0 unspecified atom stereocenters. The summed E-state index contributed by atoms with van der Waals surface area (Å²) in [7, 11) is 1.61. The molecule has 3 N–H and O–H groups in total. The Morgan fingerprint density at radius 1 is 1.17 bits per heavy atom. The molecular formula is C19H31F2IN4O3. The fraction of sp³-hybridized carbons (Fsp3) is 0.579. The van der Waals surface area contributed by atoms with Gasteiger partial charge in [-0.1, -0.05) is 17.7 Å². The molecule has 0 aliphatic rings. The first kappa shape index (κ1) is 27.2. The smallest absolute Gasteiger partial charge is 0.407 e. The largest absolute Gasteiger partial charge is 0.444 e. The predicted molar refractivity (Wildman–Crippen MR) is 120 cm³/mol. The standard InChI is InChI=1S/C19H30F2N4O3.HI/c1-13-7-8-15(27-16(20)21)14(11-13)12-25-17(22-5)23-9-6-10-24-18(26)28-19(2,3)4;/h7-8,11,16H,6,9-10,12H2,1-5H3,(H,24,26)(H2,22,23,25);1H. The number of ether oxygens (including phenoxy) is 2. The van der Waals surface area contributed by atoms with E-state index in [2.05, 4.69) is 25.7 Å². The Labute approximate surface area is 188 Å². The van der Waals surface area contributed by atoms with Crippen LogP contribution in [0.4, 0.5) is 13.6 Å². The van der Waals surface area contributed by atoms with Gasteiger partial charge in [0.2, 0.25) is 0 Å². The van der Waals surface area contributed by atoms with Crippen LogP contribution in [-0.4, -0.2) is 44.4 Å².